The number of carboxylic acids is 1. The average molecular weight is 206 g/mol. The van der Waals surface area contributed by atoms with Gasteiger partial charge in [-0.3, -0.25) is 4.79 Å². The van der Waals surface area contributed by atoms with Gasteiger partial charge in [-0.25, -0.2) is 4.79 Å². The van der Waals surface area contributed by atoms with Gasteiger partial charge < -0.3 is 9.84 Å². The van der Waals surface area contributed by atoms with E-state index in [2.05, 4.69) is 0 Å². The monoisotopic (exact) mass is 206 g/mol. The molecule has 0 spiro atoms. The van der Waals surface area contributed by atoms with Crippen LogP contribution in [0.15, 0.2) is 18.2 Å². The molecule has 1 N–H and O–H groups in total. The van der Waals surface area contributed by atoms with Crippen molar-refractivity contribution in [2.45, 2.75) is 18.9 Å². The van der Waals surface area contributed by atoms with Crippen LogP contribution < -0.4 is 4.74 Å². The highest BCUT2D eigenvalue weighted by Gasteiger charge is 2.24. The van der Waals surface area contributed by atoms with Crippen LogP contribution in [0.25, 0.3) is 0 Å². The van der Waals surface area contributed by atoms with Gasteiger partial charge in [0.15, 0.2) is 6.29 Å². The third-order valence-electron chi connectivity index (χ3n) is 2.20. The molecule has 1 aliphatic carbocycles. The number of aldehydes is 1. The molecule has 1 aliphatic rings. The quantitative estimate of drug-likeness (QED) is 0.762. The predicted molar refractivity (Wildman–Crippen MR) is 52.4 cm³/mol. The first-order chi connectivity index (χ1) is 7.20. The number of benzene rings is 1. The second-order valence-corrected chi connectivity index (χ2v) is 3.49. The lowest BCUT2D eigenvalue weighted by atomic mass is 10.1. The molecule has 1 aromatic rings. The van der Waals surface area contributed by atoms with Crippen LogP contribution in [0.4, 0.5) is 0 Å². The first-order valence-corrected chi connectivity index (χ1v) is 4.70. The van der Waals surface area contributed by atoms with Crippen LogP contribution in [0.2, 0.25) is 0 Å². The maximum Gasteiger partial charge on any atom is 0.335 e. The third kappa shape index (κ3) is 2.15. The number of ether oxygens (including phenoxy) is 1. The molecule has 4 heteroatoms. The van der Waals surface area contributed by atoms with E-state index in [9.17, 15) is 9.59 Å². The Balaban J connectivity index is 2.29. The Morgan fingerprint density at radius 1 is 1.47 bits per heavy atom. The SMILES string of the molecule is O=Cc1cc(C(=O)O)ccc1OC1CC1. The number of hydrogen-bond donors (Lipinski definition) is 1. The molecule has 0 saturated heterocycles. The molecule has 1 aromatic carbocycles. The fourth-order valence-corrected chi connectivity index (χ4v) is 1.25. The number of rotatable bonds is 4. The smallest absolute Gasteiger partial charge is 0.335 e. The van der Waals surface area contributed by atoms with Crippen molar-refractivity contribution in [2.24, 2.45) is 0 Å². The molecule has 0 radical (unpaired) electrons. The minimum atomic E-state index is -1.05. The first kappa shape index (κ1) is 9.71. The zero-order valence-electron chi connectivity index (χ0n) is 7.97. The van der Waals surface area contributed by atoms with Gasteiger partial charge in [0.25, 0.3) is 0 Å². The van der Waals surface area contributed by atoms with Crippen LogP contribution in [0.3, 0.4) is 0 Å². The van der Waals surface area contributed by atoms with Gasteiger partial charge in [0.1, 0.15) is 5.75 Å². The van der Waals surface area contributed by atoms with E-state index in [1.54, 1.807) is 0 Å². The third-order valence-corrected chi connectivity index (χ3v) is 2.20. The molecule has 4 nitrogen and oxygen atoms in total. The average Bonchev–Trinajstić information content (AvgIpc) is 3.02. The summed E-state index contributed by atoms with van der Waals surface area (Å²) in [6.07, 6.45) is 2.81. The number of carboxylic acid groups (broad SMARTS) is 1. The van der Waals surface area contributed by atoms with Crippen LogP contribution in [0.1, 0.15) is 33.6 Å². The second-order valence-electron chi connectivity index (χ2n) is 3.49. The highest BCUT2D eigenvalue weighted by Crippen LogP contribution is 2.28. The van der Waals surface area contributed by atoms with Gasteiger partial charge in [0.2, 0.25) is 0 Å². The van der Waals surface area contributed by atoms with E-state index in [1.807, 2.05) is 0 Å². The van der Waals surface area contributed by atoms with Crippen molar-refractivity contribution in [2.75, 3.05) is 0 Å². The van der Waals surface area contributed by atoms with E-state index in [0.29, 0.717) is 17.6 Å². The molecule has 0 unspecified atom stereocenters. The predicted octanol–water partition coefficient (Wildman–Crippen LogP) is 1.74. The van der Waals surface area contributed by atoms with Crippen molar-refractivity contribution < 1.29 is 19.4 Å². The zero-order valence-corrected chi connectivity index (χ0v) is 7.97. The van der Waals surface area contributed by atoms with Crippen molar-refractivity contribution in [1.29, 1.82) is 0 Å². The van der Waals surface area contributed by atoms with Gasteiger partial charge in [-0.2, -0.15) is 0 Å². The van der Waals surface area contributed by atoms with E-state index in [-0.39, 0.29) is 11.7 Å². The lowest BCUT2D eigenvalue weighted by molar-refractivity contribution is 0.0697. The van der Waals surface area contributed by atoms with Gasteiger partial charge in [-0.1, -0.05) is 0 Å². The summed E-state index contributed by atoms with van der Waals surface area (Å²) in [5, 5.41) is 8.73. The maximum absolute atomic E-state index is 10.7. The van der Waals surface area contributed by atoms with Crippen molar-refractivity contribution in [3.05, 3.63) is 29.3 Å². The fraction of sp³-hybridized carbons (Fsp3) is 0.273. The van der Waals surface area contributed by atoms with E-state index in [4.69, 9.17) is 9.84 Å². The standard InChI is InChI=1S/C11H10O4/c12-6-8-5-7(11(13)14)1-4-10(8)15-9-2-3-9/h1,4-6,9H,2-3H2,(H,13,14). The van der Waals surface area contributed by atoms with E-state index >= 15 is 0 Å². The molecular formula is C11H10O4. The summed E-state index contributed by atoms with van der Waals surface area (Å²) in [6, 6.07) is 4.30. The molecule has 15 heavy (non-hydrogen) atoms. The lowest BCUT2D eigenvalue weighted by Gasteiger charge is -2.07. The topological polar surface area (TPSA) is 63.6 Å². The van der Waals surface area contributed by atoms with Gasteiger partial charge in [0, 0.05) is 0 Å². The molecule has 78 valence electrons. The summed E-state index contributed by atoms with van der Waals surface area (Å²) in [4.78, 5) is 21.4. The second kappa shape index (κ2) is 3.73. The maximum atomic E-state index is 10.7. The van der Waals surface area contributed by atoms with Gasteiger partial charge in [0.05, 0.1) is 17.2 Å². The Labute approximate surface area is 86.5 Å². The Hall–Kier alpha value is -1.84. The molecule has 0 aromatic heterocycles. The lowest BCUT2D eigenvalue weighted by Crippen LogP contribution is -2.02. The van der Waals surface area contributed by atoms with Gasteiger partial charge in [-0.05, 0) is 31.0 Å². The molecule has 2 rings (SSSR count). The molecule has 0 aliphatic heterocycles. The summed E-state index contributed by atoms with van der Waals surface area (Å²) in [6.45, 7) is 0. The molecule has 1 saturated carbocycles. The Bertz CT molecular complexity index is 407. The minimum Gasteiger partial charge on any atom is -0.490 e. The fourth-order valence-electron chi connectivity index (χ4n) is 1.25. The van der Waals surface area contributed by atoms with Crippen LogP contribution >= 0.6 is 0 Å². The summed E-state index contributed by atoms with van der Waals surface area (Å²) >= 11 is 0. The van der Waals surface area contributed by atoms with Crippen molar-refractivity contribution in [1.82, 2.24) is 0 Å². The summed E-state index contributed by atoms with van der Waals surface area (Å²) in [5.41, 5.74) is 0.391. The van der Waals surface area contributed by atoms with E-state index in [0.717, 1.165) is 12.8 Å². The number of hydrogen-bond acceptors (Lipinski definition) is 3. The Kier molecular flexibility index (Phi) is 2.41. The highest BCUT2D eigenvalue weighted by molar-refractivity contribution is 5.91. The summed E-state index contributed by atoms with van der Waals surface area (Å²) in [5.74, 6) is -0.575. The van der Waals surface area contributed by atoms with E-state index < -0.39 is 5.97 Å². The minimum absolute atomic E-state index is 0.0975. The molecule has 0 amide bonds. The molecular weight excluding hydrogens is 196 g/mol. The normalized spacial score (nSPS) is 14.7. The Morgan fingerprint density at radius 2 is 2.20 bits per heavy atom. The zero-order chi connectivity index (χ0) is 10.8. The number of carbonyl (C=O) groups is 2. The molecule has 1 fully saturated rings. The van der Waals surface area contributed by atoms with Crippen LogP contribution in [0, 0.1) is 0 Å². The number of aromatic carboxylic acids is 1. The largest absolute Gasteiger partial charge is 0.490 e. The van der Waals surface area contributed by atoms with Crippen LogP contribution in [-0.2, 0) is 0 Å². The summed E-state index contributed by atoms with van der Waals surface area (Å²) < 4.78 is 5.46. The first-order valence-electron chi connectivity index (χ1n) is 4.70. The van der Waals surface area contributed by atoms with Crippen molar-refractivity contribution in [3.8, 4) is 5.75 Å². The number of carbonyl (C=O) groups excluding carboxylic acids is 1. The van der Waals surface area contributed by atoms with Crippen molar-refractivity contribution in [3.63, 3.8) is 0 Å². The van der Waals surface area contributed by atoms with Crippen LogP contribution in [0.5, 0.6) is 5.75 Å². The van der Waals surface area contributed by atoms with Crippen molar-refractivity contribution >= 4 is 12.3 Å². The Morgan fingerprint density at radius 3 is 2.73 bits per heavy atom. The van der Waals surface area contributed by atoms with Gasteiger partial charge >= 0.3 is 5.97 Å². The molecule has 0 bridgehead atoms. The van der Waals surface area contributed by atoms with E-state index in [1.165, 1.54) is 18.2 Å². The molecule has 0 heterocycles. The summed E-state index contributed by atoms with van der Waals surface area (Å²) in [7, 11) is 0. The van der Waals surface area contributed by atoms with Gasteiger partial charge in [-0.15, -0.1) is 0 Å². The van der Waals surface area contributed by atoms with Crippen LogP contribution in [-0.4, -0.2) is 23.5 Å². The molecule has 0 atom stereocenters. The highest BCUT2D eigenvalue weighted by atomic mass is 16.5.